The van der Waals surface area contributed by atoms with E-state index in [4.69, 9.17) is 9.47 Å². The third kappa shape index (κ3) is 3.42. The Kier molecular flexibility index (Phi) is 5.33. The molecule has 10 nitrogen and oxygen atoms in total. The molecule has 4 aliphatic rings. The quantitative estimate of drug-likeness (QED) is 0.286. The number of benzene rings is 3. The molecular weight excluding hydrogens is 514 g/mol. The van der Waals surface area contributed by atoms with Gasteiger partial charge in [0, 0.05) is 17.3 Å². The lowest BCUT2D eigenvalue weighted by Gasteiger charge is -2.30. The highest BCUT2D eigenvalue weighted by molar-refractivity contribution is 6.15. The van der Waals surface area contributed by atoms with Gasteiger partial charge in [-0.1, -0.05) is 31.2 Å². The molecule has 4 atom stereocenters. The summed E-state index contributed by atoms with van der Waals surface area (Å²) in [6.45, 7) is 2.16. The lowest BCUT2D eigenvalue weighted by Crippen LogP contribution is -2.53. The molecule has 0 bridgehead atoms. The van der Waals surface area contributed by atoms with Gasteiger partial charge >= 0.3 is 0 Å². The zero-order chi connectivity index (χ0) is 27.8. The molecule has 10 heteroatoms. The molecule has 7 rings (SSSR count). The monoisotopic (exact) mass is 541 g/mol. The number of nitrogens with zero attached hydrogens (tertiary/aromatic N) is 1. The second-order valence-electron chi connectivity index (χ2n) is 10.7. The molecular formula is C30H27N3O7. The van der Waals surface area contributed by atoms with Gasteiger partial charge in [-0.05, 0) is 59.9 Å². The molecule has 3 amide bonds. The molecule has 0 radical (unpaired) electrons. The number of aromatic hydroxyl groups is 2. The maximum atomic E-state index is 14.2. The van der Waals surface area contributed by atoms with Crippen LogP contribution in [-0.4, -0.2) is 45.7 Å². The van der Waals surface area contributed by atoms with Crippen LogP contribution < -0.4 is 20.1 Å². The van der Waals surface area contributed by atoms with Gasteiger partial charge in [0.15, 0.2) is 23.0 Å². The second kappa shape index (κ2) is 8.72. The normalized spacial score (nSPS) is 26.0. The Bertz CT molecular complexity index is 1600. The van der Waals surface area contributed by atoms with Crippen molar-refractivity contribution >= 4 is 23.4 Å². The van der Waals surface area contributed by atoms with Crippen molar-refractivity contribution in [3.63, 3.8) is 0 Å². The topological polar surface area (TPSA) is 137 Å². The standard InChI is InChI=1S/C30H27N3O7/c1-2-15-3-6-19-18(9-15)30(29(38)31-19)26-25(20(32-30)10-16-4-7-21(34)22(35)11-16)27(36)33(28(26)37)13-17-5-8-23-24(12-17)40-14-39-23/h3-9,11-12,20,25-26,32,34-35H,2,10,13-14H2,1H3,(H,31,38)/t20-,25-,26-,30-/m1/s1. The summed E-state index contributed by atoms with van der Waals surface area (Å²) in [4.78, 5) is 43.2. The highest BCUT2D eigenvalue weighted by atomic mass is 16.7. The molecule has 40 heavy (non-hydrogen) atoms. The van der Waals surface area contributed by atoms with E-state index in [1.807, 2.05) is 25.1 Å². The predicted octanol–water partition coefficient (Wildman–Crippen LogP) is 2.55. The van der Waals surface area contributed by atoms with Crippen LogP contribution in [0.4, 0.5) is 5.69 Å². The zero-order valence-corrected chi connectivity index (χ0v) is 21.6. The minimum Gasteiger partial charge on any atom is -0.504 e. The van der Waals surface area contributed by atoms with Gasteiger partial charge in [0.25, 0.3) is 0 Å². The number of carbonyl (C=O) groups is 3. The number of carbonyl (C=O) groups excluding carboxylic acids is 3. The van der Waals surface area contributed by atoms with Crippen molar-refractivity contribution in [2.45, 2.75) is 37.9 Å². The van der Waals surface area contributed by atoms with Crippen LogP contribution in [0.5, 0.6) is 23.0 Å². The number of ether oxygens (including phenoxy) is 2. The van der Waals surface area contributed by atoms with Gasteiger partial charge in [0.2, 0.25) is 24.5 Å². The van der Waals surface area contributed by atoms with Crippen LogP contribution in [0.1, 0.15) is 29.2 Å². The van der Waals surface area contributed by atoms with Crippen molar-refractivity contribution in [2.75, 3.05) is 12.1 Å². The largest absolute Gasteiger partial charge is 0.504 e. The first-order valence-corrected chi connectivity index (χ1v) is 13.3. The Hall–Kier alpha value is -4.57. The Labute approximate surface area is 229 Å². The average molecular weight is 542 g/mol. The number of amides is 3. The lowest BCUT2D eigenvalue weighted by molar-refractivity contribution is -0.143. The van der Waals surface area contributed by atoms with Crippen molar-refractivity contribution in [3.05, 3.63) is 76.9 Å². The number of anilines is 1. The smallest absolute Gasteiger partial charge is 0.250 e. The Morgan fingerprint density at radius 1 is 0.900 bits per heavy atom. The molecule has 0 saturated carbocycles. The van der Waals surface area contributed by atoms with Crippen molar-refractivity contribution in [1.82, 2.24) is 10.2 Å². The summed E-state index contributed by atoms with van der Waals surface area (Å²) in [5.74, 6) is -2.31. The van der Waals surface area contributed by atoms with E-state index in [2.05, 4.69) is 10.6 Å². The van der Waals surface area contributed by atoms with Gasteiger partial charge in [-0.2, -0.15) is 0 Å². The zero-order valence-electron chi connectivity index (χ0n) is 21.6. The Morgan fingerprint density at radius 3 is 2.48 bits per heavy atom. The van der Waals surface area contributed by atoms with E-state index in [0.717, 1.165) is 12.0 Å². The number of aryl methyl sites for hydroxylation is 1. The maximum absolute atomic E-state index is 14.2. The first-order chi connectivity index (χ1) is 19.3. The fourth-order valence-corrected chi connectivity index (χ4v) is 6.63. The van der Waals surface area contributed by atoms with Crippen LogP contribution in [0.3, 0.4) is 0 Å². The summed E-state index contributed by atoms with van der Waals surface area (Å²) in [6.07, 6.45) is 0.995. The minimum absolute atomic E-state index is 0.0353. The van der Waals surface area contributed by atoms with Crippen molar-refractivity contribution in [3.8, 4) is 23.0 Å². The Balaban J connectivity index is 1.31. The van der Waals surface area contributed by atoms with Gasteiger partial charge in [0.05, 0.1) is 18.4 Å². The minimum atomic E-state index is -1.43. The molecule has 3 aromatic carbocycles. The van der Waals surface area contributed by atoms with Crippen molar-refractivity contribution in [2.24, 2.45) is 11.8 Å². The van der Waals surface area contributed by atoms with Crippen molar-refractivity contribution < 1.29 is 34.1 Å². The number of likely N-dealkylation sites (tertiary alicyclic amines) is 1. The second-order valence-corrected chi connectivity index (χ2v) is 10.7. The van der Waals surface area contributed by atoms with Crippen LogP contribution in [0, 0.1) is 11.8 Å². The molecule has 2 fully saturated rings. The molecule has 4 heterocycles. The van der Waals surface area contributed by atoms with E-state index in [1.54, 1.807) is 24.3 Å². The summed E-state index contributed by atoms with van der Waals surface area (Å²) in [5.41, 5.74) is 2.22. The lowest BCUT2D eigenvalue weighted by atomic mass is 9.76. The number of hydrogen-bond donors (Lipinski definition) is 4. The predicted molar refractivity (Wildman–Crippen MR) is 142 cm³/mol. The summed E-state index contributed by atoms with van der Waals surface area (Å²) in [5, 5.41) is 26.2. The third-order valence-corrected chi connectivity index (χ3v) is 8.55. The molecule has 204 valence electrons. The number of hydrogen-bond acceptors (Lipinski definition) is 8. The summed E-state index contributed by atoms with van der Waals surface area (Å²) < 4.78 is 10.9. The number of phenols is 2. The van der Waals surface area contributed by atoms with E-state index in [9.17, 15) is 24.6 Å². The van der Waals surface area contributed by atoms with Crippen LogP contribution in [-0.2, 0) is 39.3 Å². The van der Waals surface area contributed by atoms with E-state index < -0.39 is 29.3 Å². The molecule has 0 aliphatic carbocycles. The summed E-state index contributed by atoms with van der Waals surface area (Å²) in [7, 11) is 0. The fourth-order valence-electron chi connectivity index (χ4n) is 6.63. The van der Waals surface area contributed by atoms with E-state index >= 15 is 0 Å². The molecule has 4 N–H and O–H groups in total. The maximum Gasteiger partial charge on any atom is 0.250 e. The number of phenolic OH excluding ortho intramolecular Hbond substituents is 2. The van der Waals surface area contributed by atoms with E-state index in [0.29, 0.717) is 33.9 Å². The SMILES string of the molecule is CCc1ccc2c(c1)[C@]1(N[C@H](Cc3ccc(O)c(O)c3)[C@H]3C(=O)N(Cc4ccc5c(c4)OCO5)C(=O)[C@@H]31)C(=O)N2. The summed E-state index contributed by atoms with van der Waals surface area (Å²) >= 11 is 0. The summed E-state index contributed by atoms with van der Waals surface area (Å²) in [6, 6.07) is 14.9. The molecule has 2 saturated heterocycles. The van der Waals surface area contributed by atoms with Crippen molar-refractivity contribution in [1.29, 1.82) is 0 Å². The van der Waals surface area contributed by atoms with Gasteiger partial charge in [-0.25, -0.2) is 0 Å². The first-order valence-electron chi connectivity index (χ1n) is 13.3. The van der Waals surface area contributed by atoms with Gasteiger partial charge in [-0.15, -0.1) is 0 Å². The van der Waals surface area contributed by atoms with Crippen LogP contribution >= 0.6 is 0 Å². The van der Waals surface area contributed by atoms with E-state index in [1.165, 1.54) is 17.0 Å². The number of fused-ring (bicyclic) bond motifs is 5. The van der Waals surface area contributed by atoms with Gasteiger partial charge in [-0.3, -0.25) is 24.6 Å². The van der Waals surface area contributed by atoms with Gasteiger partial charge in [0.1, 0.15) is 5.54 Å². The Morgan fingerprint density at radius 2 is 1.68 bits per heavy atom. The first kappa shape index (κ1) is 24.5. The molecule has 3 aromatic rings. The van der Waals surface area contributed by atoms with Crippen LogP contribution in [0.2, 0.25) is 0 Å². The number of nitrogens with one attached hydrogen (secondary N) is 2. The molecule has 0 aromatic heterocycles. The van der Waals surface area contributed by atoms with Crippen LogP contribution in [0.15, 0.2) is 54.6 Å². The van der Waals surface area contributed by atoms with Crippen LogP contribution in [0.25, 0.3) is 0 Å². The third-order valence-electron chi connectivity index (χ3n) is 8.55. The molecule has 1 spiro atoms. The molecule has 4 aliphatic heterocycles. The average Bonchev–Trinajstić information content (AvgIpc) is 3.67. The van der Waals surface area contributed by atoms with Gasteiger partial charge < -0.3 is 25.0 Å². The highest BCUT2D eigenvalue weighted by Gasteiger charge is 2.70. The number of rotatable bonds is 5. The highest BCUT2D eigenvalue weighted by Crippen LogP contribution is 2.54. The fraction of sp³-hybridized carbons (Fsp3) is 0.300. The number of imide groups is 1. The van der Waals surface area contributed by atoms with E-state index in [-0.39, 0.29) is 43.1 Å². The molecule has 0 unspecified atom stereocenters.